The third-order valence-corrected chi connectivity index (χ3v) is 4.19. The lowest BCUT2D eigenvalue weighted by atomic mass is 9.98. The number of aryl methyl sites for hydroxylation is 1. The SMILES string of the molecule is Cc1c(C(N)C2=CCCCCC2)oc2ccc(F)cc12. The molecule has 0 bridgehead atoms. The van der Waals surface area contributed by atoms with Gasteiger partial charge in [0.1, 0.15) is 17.2 Å². The number of hydrogen-bond donors (Lipinski definition) is 1. The molecule has 0 radical (unpaired) electrons. The molecular formula is C17H20FNO. The Bertz CT molecular complexity index is 656. The molecule has 0 fully saturated rings. The predicted molar refractivity (Wildman–Crippen MR) is 79.0 cm³/mol. The summed E-state index contributed by atoms with van der Waals surface area (Å²) in [4.78, 5) is 0. The van der Waals surface area contributed by atoms with Crippen LogP contribution in [0.25, 0.3) is 11.0 Å². The van der Waals surface area contributed by atoms with Crippen molar-refractivity contribution in [2.75, 3.05) is 0 Å². The summed E-state index contributed by atoms with van der Waals surface area (Å²) in [5, 5.41) is 0.824. The van der Waals surface area contributed by atoms with Crippen LogP contribution < -0.4 is 5.73 Å². The van der Waals surface area contributed by atoms with E-state index < -0.39 is 0 Å². The summed E-state index contributed by atoms with van der Waals surface area (Å²) in [5.41, 5.74) is 9.31. The lowest BCUT2D eigenvalue weighted by Crippen LogP contribution is -2.13. The topological polar surface area (TPSA) is 39.2 Å². The third kappa shape index (κ3) is 2.38. The Labute approximate surface area is 118 Å². The zero-order chi connectivity index (χ0) is 14.1. The van der Waals surface area contributed by atoms with E-state index in [1.54, 1.807) is 6.07 Å². The zero-order valence-electron chi connectivity index (χ0n) is 11.8. The highest BCUT2D eigenvalue weighted by Gasteiger charge is 2.21. The molecule has 1 aliphatic carbocycles. The van der Waals surface area contributed by atoms with Gasteiger partial charge in [-0.2, -0.15) is 0 Å². The summed E-state index contributed by atoms with van der Waals surface area (Å²) >= 11 is 0. The number of fused-ring (bicyclic) bond motifs is 1. The van der Waals surface area contributed by atoms with Gasteiger partial charge in [-0.05, 0) is 56.4 Å². The zero-order valence-corrected chi connectivity index (χ0v) is 11.8. The van der Waals surface area contributed by atoms with Crippen molar-refractivity contribution < 1.29 is 8.81 Å². The Morgan fingerprint density at radius 1 is 1.25 bits per heavy atom. The molecule has 0 saturated carbocycles. The first-order valence-corrected chi connectivity index (χ1v) is 7.30. The Morgan fingerprint density at radius 3 is 2.95 bits per heavy atom. The molecule has 1 aliphatic rings. The normalized spacial score (nSPS) is 17.9. The van der Waals surface area contributed by atoms with Crippen molar-refractivity contribution in [2.45, 2.75) is 45.1 Å². The molecule has 0 spiro atoms. The minimum atomic E-state index is -0.241. The van der Waals surface area contributed by atoms with Crippen molar-refractivity contribution in [3.8, 4) is 0 Å². The van der Waals surface area contributed by atoms with E-state index >= 15 is 0 Å². The van der Waals surface area contributed by atoms with Gasteiger partial charge >= 0.3 is 0 Å². The van der Waals surface area contributed by atoms with Crippen LogP contribution in [-0.2, 0) is 0 Å². The molecule has 1 aromatic carbocycles. The second-order valence-electron chi connectivity index (χ2n) is 5.59. The fraction of sp³-hybridized carbons (Fsp3) is 0.412. The maximum atomic E-state index is 13.4. The average Bonchev–Trinajstić information content (AvgIpc) is 2.66. The molecule has 1 heterocycles. The van der Waals surface area contributed by atoms with E-state index in [9.17, 15) is 4.39 Å². The summed E-state index contributed by atoms with van der Waals surface area (Å²) in [6, 6.07) is 4.41. The predicted octanol–water partition coefficient (Wildman–Crippen LogP) is 4.77. The molecule has 1 unspecified atom stereocenters. The van der Waals surface area contributed by atoms with Gasteiger partial charge in [0, 0.05) is 10.9 Å². The van der Waals surface area contributed by atoms with Crippen molar-refractivity contribution in [3.05, 3.63) is 47.0 Å². The quantitative estimate of drug-likeness (QED) is 0.800. The Balaban J connectivity index is 2.00. The summed E-state index contributed by atoms with van der Waals surface area (Å²) < 4.78 is 19.2. The van der Waals surface area contributed by atoms with Crippen molar-refractivity contribution >= 4 is 11.0 Å². The summed E-state index contributed by atoms with van der Waals surface area (Å²) in [6.07, 6.45) is 8.07. The molecule has 2 N–H and O–H groups in total. The molecule has 0 aliphatic heterocycles. The van der Waals surface area contributed by atoms with Crippen molar-refractivity contribution in [1.82, 2.24) is 0 Å². The summed E-state index contributed by atoms with van der Waals surface area (Å²) in [6.45, 7) is 1.96. The number of nitrogens with two attached hydrogens (primary N) is 1. The smallest absolute Gasteiger partial charge is 0.134 e. The van der Waals surface area contributed by atoms with Crippen LogP contribution in [-0.4, -0.2) is 0 Å². The van der Waals surface area contributed by atoms with E-state index in [2.05, 4.69) is 6.08 Å². The Hall–Kier alpha value is -1.61. The molecule has 20 heavy (non-hydrogen) atoms. The van der Waals surface area contributed by atoms with E-state index in [1.165, 1.54) is 37.0 Å². The van der Waals surface area contributed by atoms with E-state index in [-0.39, 0.29) is 11.9 Å². The van der Waals surface area contributed by atoms with Crippen LogP contribution >= 0.6 is 0 Å². The molecule has 3 heteroatoms. The lowest BCUT2D eigenvalue weighted by Gasteiger charge is -2.13. The second-order valence-corrected chi connectivity index (χ2v) is 5.59. The maximum Gasteiger partial charge on any atom is 0.134 e. The lowest BCUT2D eigenvalue weighted by molar-refractivity contribution is 0.510. The molecule has 0 amide bonds. The number of rotatable bonds is 2. The van der Waals surface area contributed by atoms with Gasteiger partial charge in [0.25, 0.3) is 0 Å². The Kier molecular flexibility index (Phi) is 3.62. The van der Waals surface area contributed by atoms with Crippen LogP contribution in [0.15, 0.2) is 34.3 Å². The molecule has 106 valence electrons. The Morgan fingerprint density at radius 2 is 2.10 bits per heavy atom. The van der Waals surface area contributed by atoms with Gasteiger partial charge < -0.3 is 10.2 Å². The van der Waals surface area contributed by atoms with Gasteiger partial charge in [-0.1, -0.05) is 12.5 Å². The molecule has 1 atom stereocenters. The van der Waals surface area contributed by atoms with Crippen LogP contribution in [0.1, 0.15) is 49.5 Å². The van der Waals surface area contributed by atoms with Gasteiger partial charge in [0.15, 0.2) is 0 Å². The number of benzene rings is 1. The number of hydrogen-bond acceptors (Lipinski definition) is 2. The number of allylic oxidation sites excluding steroid dienone is 1. The highest BCUT2D eigenvalue weighted by Crippen LogP contribution is 2.34. The van der Waals surface area contributed by atoms with E-state index in [0.717, 1.165) is 29.6 Å². The minimum Gasteiger partial charge on any atom is -0.459 e. The minimum absolute atomic E-state index is 0.205. The van der Waals surface area contributed by atoms with E-state index in [0.29, 0.717) is 5.58 Å². The first kappa shape index (κ1) is 13.4. The number of halogens is 1. The summed E-state index contributed by atoms with van der Waals surface area (Å²) in [7, 11) is 0. The van der Waals surface area contributed by atoms with Gasteiger partial charge in [-0.15, -0.1) is 0 Å². The van der Waals surface area contributed by atoms with Gasteiger partial charge in [0.05, 0.1) is 6.04 Å². The average molecular weight is 273 g/mol. The molecular weight excluding hydrogens is 253 g/mol. The van der Waals surface area contributed by atoms with Crippen LogP contribution in [0.2, 0.25) is 0 Å². The highest BCUT2D eigenvalue weighted by atomic mass is 19.1. The van der Waals surface area contributed by atoms with Gasteiger partial charge in [-0.25, -0.2) is 4.39 Å². The van der Waals surface area contributed by atoms with Crippen molar-refractivity contribution in [2.24, 2.45) is 5.73 Å². The molecule has 3 rings (SSSR count). The number of furan rings is 1. The largest absolute Gasteiger partial charge is 0.459 e. The van der Waals surface area contributed by atoms with Crippen molar-refractivity contribution in [3.63, 3.8) is 0 Å². The van der Waals surface area contributed by atoms with Crippen LogP contribution in [0.5, 0.6) is 0 Å². The second kappa shape index (κ2) is 5.41. The first-order valence-electron chi connectivity index (χ1n) is 7.30. The van der Waals surface area contributed by atoms with Crippen LogP contribution in [0.4, 0.5) is 4.39 Å². The van der Waals surface area contributed by atoms with Crippen LogP contribution in [0.3, 0.4) is 0 Å². The molecule has 2 nitrogen and oxygen atoms in total. The van der Waals surface area contributed by atoms with Crippen molar-refractivity contribution in [1.29, 1.82) is 0 Å². The molecule has 1 aromatic heterocycles. The standard InChI is InChI=1S/C17H20FNO/c1-11-14-10-13(18)8-9-15(14)20-17(11)16(19)12-6-4-2-3-5-7-12/h6,8-10,16H,2-5,7,19H2,1H3. The maximum absolute atomic E-state index is 13.4. The monoisotopic (exact) mass is 273 g/mol. The highest BCUT2D eigenvalue weighted by molar-refractivity contribution is 5.82. The van der Waals surface area contributed by atoms with E-state index in [4.69, 9.17) is 10.2 Å². The third-order valence-electron chi connectivity index (χ3n) is 4.19. The van der Waals surface area contributed by atoms with Gasteiger partial charge in [-0.3, -0.25) is 0 Å². The molecule has 0 saturated heterocycles. The van der Waals surface area contributed by atoms with Crippen LogP contribution in [0, 0.1) is 12.7 Å². The van der Waals surface area contributed by atoms with Gasteiger partial charge in [0.2, 0.25) is 0 Å². The fourth-order valence-corrected chi connectivity index (χ4v) is 3.00. The first-order chi connectivity index (χ1) is 9.66. The fourth-order valence-electron chi connectivity index (χ4n) is 3.00. The molecule has 2 aromatic rings. The van der Waals surface area contributed by atoms with E-state index in [1.807, 2.05) is 6.92 Å². The summed E-state index contributed by atoms with van der Waals surface area (Å²) in [5.74, 6) is 0.536.